The molecule has 16 heavy (non-hydrogen) atoms. The minimum atomic E-state index is -0.847. The molecular formula is C10H18N2O4. The number of amides is 1. The summed E-state index contributed by atoms with van der Waals surface area (Å²) in [5.74, 6) is -1.20. The number of carbonyl (C=O) groups is 2. The Morgan fingerprint density at radius 1 is 1.56 bits per heavy atom. The molecule has 1 fully saturated rings. The van der Waals surface area contributed by atoms with E-state index >= 15 is 0 Å². The third-order valence-corrected chi connectivity index (χ3v) is 3.16. The van der Waals surface area contributed by atoms with Gasteiger partial charge in [0.25, 0.3) is 0 Å². The first-order valence-electron chi connectivity index (χ1n) is 5.30. The molecule has 6 nitrogen and oxygen atoms in total. The van der Waals surface area contributed by atoms with Gasteiger partial charge in [-0.1, -0.05) is 6.42 Å². The molecule has 0 saturated heterocycles. The molecule has 1 atom stereocenters. The quantitative estimate of drug-likeness (QED) is 0.561. The van der Waals surface area contributed by atoms with Crippen LogP contribution in [-0.2, 0) is 14.3 Å². The van der Waals surface area contributed by atoms with Gasteiger partial charge >= 0.3 is 5.97 Å². The maximum atomic E-state index is 11.5. The second-order valence-corrected chi connectivity index (χ2v) is 4.12. The number of aliphatic carboxylic acids is 1. The number of hydrogen-bond donors (Lipinski definition) is 3. The van der Waals surface area contributed by atoms with Crippen LogP contribution in [0.25, 0.3) is 0 Å². The van der Waals surface area contributed by atoms with E-state index in [1.165, 1.54) is 7.11 Å². The van der Waals surface area contributed by atoms with Crippen LogP contribution in [-0.4, -0.2) is 43.3 Å². The summed E-state index contributed by atoms with van der Waals surface area (Å²) < 4.78 is 4.85. The van der Waals surface area contributed by atoms with Gasteiger partial charge in [0.15, 0.2) is 0 Å². The van der Waals surface area contributed by atoms with Crippen molar-refractivity contribution in [3.05, 3.63) is 0 Å². The van der Waals surface area contributed by atoms with Crippen LogP contribution < -0.4 is 11.1 Å². The molecule has 0 spiro atoms. The van der Waals surface area contributed by atoms with E-state index in [4.69, 9.17) is 15.6 Å². The van der Waals surface area contributed by atoms with Crippen molar-refractivity contribution in [1.29, 1.82) is 0 Å². The van der Waals surface area contributed by atoms with E-state index in [0.717, 1.165) is 6.42 Å². The van der Waals surface area contributed by atoms with Crippen molar-refractivity contribution in [2.45, 2.75) is 25.4 Å². The van der Waals surface area contributed by atoms with Crippen LogP contribution in [0.2, 0.25) is 0 Å². The standard InChI is InChI=1S/C10H18N2O4/c1-16-7(5-11)8(13)12-6-10(9(14)15)3-2-4-10/h7H,2-6,11H2,1H3,(H,12,13)(H,14,15). The monoisotopic (exact) mass is 230 g/mol. The van der Waals surface area contributed by atoms with Crippen LogP contribution >= 0.6 is 0 Å². The summed E-state index contributed by atoms with van der Waals surface area (Å²) in [6, 6.07) is 0. The second kappa shape index (κ2) is 5.27. The molecule has 0 aliphatic heterocycles. The summed E-state index contributed by atoms with van der Waals surface area (Å²) in [5, 5.41) is 11.6. The number of hydrogen-bond acceptors (Lipinski definition) is 4. The maximum absolute atomic E-state index is 11.5. The Hall–Kier alpha value is -1.14. The minimum Gasteiger partial charge on any atom is -0.481 e. The number of carboxylic acids is 1. The van der Waals surface area contributed by atoms with Gasteiger partial charge < -0.3 is 20.9 Å². The SMILES string of the molecule is COC(CN)C(=O)NCC1(C(=O)O)CCC1. The smallest absolute Gasteiger partial charge is 0.311 e. The molecule has 0 aromatic heterocycles. The summed E-state index contributed by atoms with van der Waals surface area (Å²) in [6.07, 6.45) is 1.42. The van der Waals surface area contributed by atoms with E-state index in [1.807, 2.05) is 0 Å². The van der Waals surface area contributed by atoms with Gasteiger partial charge in [-0.25, -0.2) is 0 Å². The van der Waals surface area contributed by atoms with Gasteiger partial charge in [-0.05, 0) is 12.8 Å². The molecule has 6 heteroatoms. The fourth-order valence-corrected chi connectivity index (χ4v) is 1.75. The summed E-state index contributed by atoms with van der Waals surface area (Å²) in [6.45, 7) is 0.240. The molecule has 0 radical (unpaired) electrons. The van der Waals surface area contributed by atoms with Crippen LogP contribution in [0.4, 0.5) is 0 Å². The fourth-order valence-electron chi connectivity index (χ4n) is 1.75. The Balaban J connectivity index is 2.44. The van der Waals surface area contributed by atoms with Crippen molar-refractivity contribution in [3.8, 4) is 0 Å². The predicted octanol–water partition coefficient (Wildman–Crippen LogP) is -0.669. The Labute approximate surface area is 94.1 Å². The lowest BCUT2D eigenvalue weighted by Crippen LogP contribution is -2.50. The van der Waals surface area contributed by atoms with Crippen LogP contribution in [0.3, 0.4) is 0 Å². The molecule has 4 N–H and O–H groups in total. The number of methoxy groups -OCH3 is 1. The van der Waals surface area contributed by atoms with E-state index < -0.39 is 17.5 Å². The van der Waals surface area contributed by atoms with Crippen molar-refractivity contribution < 1.29 is 19.4 Å². The van der Waals surface area contributed by atoms with Gasteiger partial charge in [0.2, 0.25) is 5.91 Å². The molecule has 1 aliphatic carbocycles. The highest BCUT2D eigenvalue weighted by Gasteiger charge is 2.44. The largest absolute Gasteiger partial charge is 0.481 e. The lowest BCUT2D eigenvalue weighted by atomic mass is 9.69. The number of ether oxygens (including phenoxy) is 1. The van der Waals surface area contributed by atoms with Gasteiger partial charge in [-0.2, -0.15) is 0 Å². The third-order valence-electron chi connectivity index (χ3n) is 3.16. The molecule has 1 amide bonds. The minimum absolute atomic E-state index is 0.0857. The van der Waals surface area contributed by atoms with Gasteiger partial charge in [-0.15, -0.1) is 0 Å². The molecule has 1 rings (SSSR count). The van der Waals surface area contributed by atoms with Crippen molar-refractivity contribution >= 4 is 11.9 Å². The predicted molar refractivity (Wildman–Crippen MR) is 56.8 cm³/mol. The molecule has 0 aromatic rings. The number of nitrogens with one attached hydrogen (secondary N) is 1. The zero-order chi connectivity index (χ0) is 12.2. The summed E-state index contributed by atoms with van der Waals surface area (Å²) in [4.78, 5) is 22.5. The lowest BCUT2D eigenvalue weighted by molar-refractivity contribution is -0.154. The van der Waals surface area contributed by atoms with Crippen LogP contribution in [0.1, 0.15) is 19.3 Å². The van der Waals surface area contributed by atoms with Gasteiger partial charge in [0.05, 0.1) is 5.41 Å². The zero-order valence-corrected chi connectivity index (χ0v) is 9.36. The first kappa shape index (κ1) is 12.9. The van der Waals surface area contributed by atoms with E-state index in [2.05, 4.69) is 5.32 Å². The molecule has 92 valence electrons. The summed E-state index contributed by atoms with van der Waals surface area (Å²) in [5.41, 5.74) is 4.55. The number of nitrogens with two attached hydrogens (primary N) is 1. The Morgan fingerprint density at radius 3 is 2.50 bits per heavy atom. The molecule has 0 bridgehead atoms. The highest BCUT2D eigenvalue weighted by atomic mass is 16.5. The fraction of sp³-hybridized carbons (Fsp3) is 0.800. The average molecular weight is 230 g/mol. The second-order valence-electron chi connectivity index (χ2n) is 4.12. The van der Waals surface area contributed by atoms with E-state index in [9.17, 15) is 9.59 Å². The van der Waals surface area contributed by atoms with Crippen LogP contribution in [0.15, 0.2) is 0 Å². The highest BCUT2D eigenvalue weighted by molar-refractivity contribution is 5.82. The molecule has 1 unspecified atom stereocenters. The van der Waals surface area contributed by atoms with E-state index in [-0.39, 0.29) is 19.0 Å². The highest BCUT2D eigenvalue weighted by Crippen LogP contribution is 2.40. The Kier molecular flexibility index (Phi) is 4.26. The molecule has 1 saturated carbocycles. The average Bonchev–Trinajstić information content (AvgIpc) is 2.17. The van der Waals surface area contributed by atoms with Gasteiger partial charge in [-0.3, -0.25) is 9.59 Å². The van der Waals surface area contributed by atoms with Gasteiger partial charge in [0, 0.05) is 20.2 Å². The molecule has 0 aromatic carbocycles. The lowest BCUT2D eigenvalue weighted by Gasteiger charge is -2.37. The number of rotatable bonds is 6. The summed E-state index contributed by atoms with van der Waals surface area (Å²) in [7, 11) is 1.40. The Bertz CT molecular complexity index is 272. The number of carboxylic acid groups (broad SMARTS) is 1. The van der Waals surface area contributed by atoms with Crippen LogP contribution in [0.5, 0.6) is 0 Å². The van der Waals surface area contributed by atoms with Crippen molar-refractivity contribution in [3.63, 3.8) is 0 Å². The third kappa shape index (κ3) is 2.51. The topological polar surface area (TPSA) is 102 Å². The van der Waals surface area contributed by atoms with Crippen LogP contribution in [0, 0.1) is 5.41 Å². The van der Waals surface area contributed by atoms with Crippen molar-refractivity contribution in [2.75, 3.05) is 20.2 Å². The van der Waals surface area contributed by atoms with E-state index in [1.54, 1.807) is 0 Å². The zero-order valence-electron chi connectivity index (χ0n) is 9.36. The van der Waals surface area contributed by atoms with Crippen molar-refractivity contribution in [2.24, 2.45) is 11.1 Å². The first-order chi connectivity index (χ1) is 7.55. The van der Waals surface area contributed by atoms with E-state index in [0.29, 0.717) is 12.8 Å². The van der Waals surface area contributed by atoms with Crippen molar-refractivity contribution in [1.82, 2.24) is 5.32 Å². The maximum Gasteiger partial charge on any atom is 0.311 e. The first-order valence-corrected chi connectivity index (χ1v) is 5.30. The molecular weight excluding hydrogens is 212 g/mol. The Morgan fingerprint density at radius 2 is 2.19 bits per heavy atom. The summed E-state index contributed by atoms with van der Waals surface area (Å²) >= 11 is 0. The normalized spacial score (nSPS) is 19.6. The molecule has 1 aliphatic rings. The number of carbonyl (C=O) groups excluding carboxylic acids is 1. The molecule has 0 heterocycles. The van der Waals surface area contributed by atoms with Gasteiger partial charge in [0.1, 0.15) is 6.10 Å².